The molecule has 3 rings (SSSR count). The Kier molecular flexibility index (Phi) is 6.29. The SMILES string of the molecule is CCN1CCN(c2ccc(NC(=O)COc3c(C)cccc3C)cn2)CC1. The first kappa shape index (κ1) is 19.2. The molecule has 0 saturated carbocycles. The van der Waals surface area contributed by atoms with Gasteiger partial charge in [-0.2, -0.15) is 0 Å². The van der Waals surface area contributed by atoms with Gasteiger partial charge in [-0.15, -0.1) is 0 Å². The standard InChI is InChI=1S/C21H28N4O2/c1-4-24-10-12-25(13-11-24)19-9-8-18(14-22-19)23-20(26)15-27-21-16(2)6-5-7-17(21)3/h5-9,14H,4,10-13,15H2,1-3H3,(H,23,26). The van der Waals surface area contributed by atoms with Gasteiger partial charge >= 0.3 is 0 Å². The second-order valence-electron chi connectivity index (χ2n) is 6.88. The van der Waals surface area contributed by atoms with Crippen molar-refractivity contribution in [2.45, 2.75) is 20.8 Å². The van der Waals surface area contributed by atoms with Crippen LogP contribution in [-0.4, -0.2) is 55.1 Å². The van der Waals surface area contributed by atoms with Crippen LogP contribution in [0.15, 0.2) is 36.5 Å². The number of piperazine rings is 1. The Bertz CT molecular complexity index is 748. The summed E-state index contributed by atoms with van der Waals surface area (Å²) in [5.74, 6) is 1.53. The van der Waals surface area contributed by atoms with E-state index in [-0.39, 0.29) is 12.5 Å². The van der Waals surface area contributed by atoms with Crippen molar-refractivity contribution >= 4 is 17.4 Å². The Hall–Kier alpha value is -2.60. The molecule has 1 aromatic carbocycles. The summed E-state index contributed by atoms with van der Waals surface area (Å²) in [7, 11) is 0. The molecular formula is C21H28N4O2. The van der Waals surface area contributed by atoms with Crippen LogP contribution in [0.2, 0.25) is 0 Å². The largest absolute Gasteiger partial charge is 0.483 e. The molecule has 2 aromatic rings. The fraction of sp³-hybridized carbons (Fsp3) is 0.429. The number of anilines is 2. The molecular weight excluding hydrogens is 340 g/mol. The summed E-state index contributed by atoms with van der Waals surface area (Å²) in [4.78, 5) is 21.4. The van der Waals surface area contributed by atoms with Gasteiger partial charge in [0.2, 0.25) is 0 Å². The summed E-state index contributed by atoms with van der Waals surface area (Å²) in [6, 6.07) is 9.79. The van der Waals surface area contributed by atoms with Crippen LogP contribution in [-0.2, 0) is 4.79 Å². The Morgan fingerprint density at radius 3 is 2.41 bits per heavy atom. The van der Waals surface area contributed by atoms with E-state index in [1.54, 1.807) is 6.20 Å². The maximum absolute atomic E-state index is 12.2. The lowest BCUT2D eigenvalue weighted by molar-refractivity contribution is -0.118. The van der Waals surface area contributed by atoms with E-state index >= 15 is 0 Å². The maximum atomic E-state index is 12.2. The molecule has 0 atom stereocenters. The molecule has 2 heterocycles. The lowest BCUT2D eigenvalue weighted by Crippen LogP contribution is -2.46. The van der Waals surface area contributed by atoms with E-state index in [9.17, 15) is 4.79 Å². The smallest absolute Gasteiger partial charge is 0.262 e. The highest BCUT2D eigenvalue weighted by atomic mass is 16.5. The molecule has 0 unspecified atom stereocenters. The molecule has 144 valence electrons. The van der Waals surface area contributed by atoms with Crippen LogP contribution in [0.4, 0.5) is 11.5 Å². The van der Waals surface area contributed by atoms with Gasteiger partial charge in [0.25, 0.3) is 5.91 Å². The number of benzene rings is 1. The minimum absolute atomic E-state index is 0.0214. The number of hydrogen-bond acceptors (Lipinski definition) is 5. The zero-order chi connectivity index (χ0) is 19.2. The topological polar surface area (TPSA) is 57.7 Å². The number of carbonyl (C=O) groups is 1. The molecule has 0 radical (unpaired) electrons. The zero-order valence-electron chi connectivity index (χ0n) is 16.4. The van der Waals surface area contributed by atoms with Crippen LogP contribution < -0.4 is 15.0 Å². The predicted octanol–water partition coefficient (Wildman–Crippen LogP) is 2.86. The molecule has 27 heavy (non-hydrogen) atoms. The number of ether oxygens (including phenoxy) is 1. The third-order valence-electron chi connectivity index (χ3n) is 4.93. The number of nitrogens with one attached hydrogen (secondary N) is 1. The lowest BCUT2D eigenvalue weighted by Gasteiger charge is -2.34. The molecule has 1 saturated heterocycles. The molecule has 6 heteroatoms. The molecule has 0 spiro atoms. The highest BCUT2D eigenvalue weighted by Gasteiger charge is 2.16. The number of aromatic nitrogens is 1. The fourth-order valence-corrected chi connectivity index (χ4v) is 3.30. The quantitative estimate of drug-likeness (QED) is 0.850. The van der Waals surface area contributed by atoms with E-state index in [0.29, 0.717) is 5.69 Å². The summed E-state index contributed by atoms with van der Waals surface area (Å²) in [6.07, 6.45) is 1.71. The Labute approximate surface area is 161 Å². The number of para-hydroxylation sites is 1. The first-order valence-corrected chi connectivity index (χ1v) is 9.49. The van der Waals surface area contributed by atoms with Crippen molar-refractivity contribution in [3.8, 4) is 5.75 Å². The highest BCUT2D eigenvalue weighted by Crippen LogP contribution is 2.22. The first-order valence-electron chi connectivity index (χ1n) is 9.49. The minimum atomic E-state index is -0.191. The van der Waals surface area contributed by atoms with Crippen molar-refractivity contribution in [1.29, 1.82) is 0 Å². The predicted molar refractivity (Wildman–Crippen MR) is 109 cm³/mol. The molecule has 6 nitrogen and oxygen atoms in total. The number of carbonyl (C=O) groups excluding carboxylic acids is 1. The van der Waals surface area contributed by atoms with E-state index in [2.05, 4.69) is 27.0 Å². The summed E-state index contributed by atoms with van der Waals surface area (Å²) in [5.41, 5.74) is 2.73. The molecule has 1 fully saturated rings. The van der Waals surface area contributed by atoms with Crippen molar-refractivity contribution in [3.63, 3.8) is 0 Å². The molecule has 1 amide bonds. The van der Waals surface area contributed by atoms with Crippen LogP contribution in [0.1, 0.15) is 18.1 Å². The summed E-state index contributed by atoms with van der Waals surface area (Å²) >= 11 is 0. The fourth-order valence-electron chi connectivity index (χ4n) is 3.30. The highest BCUT2D eigenvalue weighted by molar-refractivity contribution is 5.91. The Morgan fingerprint density at radius 1 is 1.11 bits per heavy atom. The van der Waals surface area contributed by atoms with Gasteiger partial charge in [0.15, 0.2) is 6.61 Å². The van der Waals surface area contributed by atoms with Crippen LogP contribution in [0.3, 0.4) is 0 Å². The average Bonchev–Trinajstić information content (AvgIpc) is 2.68. The molecule has 1 aliphatic heterocycles. The number of rotatable bonds is 6. The van der Waals surface area contributed by atoms with Crippen molar-refractivity contribution in [1.82, 2.24) is 9.88 Å². The van der Waals surface area contributed by atoms with Crippen molar-refractivity contribution < 1.29 is 9.53 Å². The molecule has 0 bridgehead atoms. The Morgan fingerprint density at radius 2 is 1.81 bits per heavy atom. The number of aryl methyl sites for hydroxylation is 2. The van der Waals surface area contributed by atoms with Gasteiger partial charge in [0.05, 0.1) is 11.9 Å². The summed E-state index contributed by atoms with van der Waals surface area (Å²) in [5, 5.41) is 2.84. The van der Waals surface area contributed by atoms with Gasteiger partial charge in [-0.1, -0.05) is 25.1 Å². The second-order valence-corrected chi connectivity index (χ2v) is 6.88. The molecule has 0 aliphatic carbocycles. The van der Waals surface area contributed by atoms with Crippen LogP contribution >= 0.6 is 0 Å². The second kappa shape index (κ2) is 8.86. The number of likely N-dealkylation sites (N-methyl/N-ethyl adjacent to an activating group) is 1. The third kappa shape index (κ3) is 4.98. The van der Waals surface area contributed by atoms with E-state index in [0.717, 1.165) is 55.4 Å². The molecule has 1 aromatic heterocycles. The summed E-state index contributed by atoms with van der Waals surface area (Å²) in [6.45, 7) is 11.3. The maximum Gasteiger partial charge on any atom is 0.262 e. The van der Waals surface area contributed by atoms with Gasteiger partial charge in [-0.05, 0) is 43.7 Å². The number of pyridine rings is 1. The third-order valence-corrected chi connectivity index (χ3v) is 4.93. The van der Waals surface area contributed by atoms with E-state index in [1.807, 2.05) is 44.2 Å². The van der Waals surface area contributed by atoms with Gasteiger partial charge in [-0.3, -0.25) is 4.79 Å². The van der Waals surface area contributed by atoms with E-state index in [4.69, 9.17) is 4.74 Å². The Balaban J connectivity index is 1.51. The monoisotopic (exact) mass is 368 g/mol. The average molecular weight is 368 g/mol. The number of nitrogens with zero attached hydrogens (tertiary/aromatic N) is 3. The number of hydrogen-bond donors (Lipinski definition) is 1. The van der Waals surface area contributed by atoms with Crippen LogP contribution in [0.5, 0.6) is 5.75 Å². The first-order chi connectivity index (χ1) is 13.1. The van der Waals surface area contributed by atoms with Crippen LogP contribution in [0.25, 0.3) is 0 Å². The van der Waals surface area contributed by atoms with Gasteiger partial charge in [0, 0.05) is 26.2 Å². The van der Waals surface area contributed by atoms with Crippen molar-refractivity contribution in [2.24, 2.45) is 0 Å². The van der Waals surface area contributed by atoms with E-state index in [1.165, 1.54) is 0 Å². The molecule has 1 aliphatic rings. The number of amides is 1. The molecule has 1 N–H and O–H groups in total. The lowest BCUT2D eigenvalue weighted by atomic mass is 10.1. The van der Waals surface area contributed by atoms with Crippen molar-refractivity contribution in [2.75, 3.05) is 49.5 Å². The van der Waals surface area contributed by atoms with E-state index < -0.39 is 0 Å². The normalized spacial score (nSPS) is 14.9. The van der Waals surface area contributed by atoms with Gasteiger partial charge in [0.1, 0.15) is 11.6 Å². The van der Waals surface area contributed by atoms with Gasteiger partial charge in [-0.25, -0.2) is 4.98 Å². The summed E-state index contributed by atoms with van der Waals surface area (Å²) < 4.78 is 5.70. The van der Waals surface area contributed by atoms with Gasteiger partial charge < -0.3 is 19.9 Å². The zero-order valence-corrected chi connectivity index (χ0v) is 16.4. The minimum Gasteiger partial charge on any atom is -0.483 e. The van der Waals surface area contributed by atoms with Crippen LogP contribution in [0, 0.1) is 13.8 Å². The van der Waals surface area contributed by atoms with Crippen molar-refractivity contribution in [3.05, 3.63) is 47.7 Å².